The molecule has 1 atom stereocenters. The Labute approximate surface area is 90.7 Å². The van der Waals surface area contributed by atoms with Crippen molar-refractivity contribution in [3.8, 4) is 0 Å². The third-order valence-corrected chi connectivity index (χ3v) is 3.32. The number of furan rings is 1. The molecule has 15 heavy (non-hydrogen) atoms. The Morgan fingerprint density at radius 2 is 2.33 bits per heavy atom. The number of hydrogen-bond donors (Lipinski definition) is 1. The molecule has 0 fully saturated rings. The van der Waals surface area contributed by atoms with Crippen molar-refractivity contribution in [1.29, 1.82) is 0 Å². The van der Waals surface area contributed by atoms with Crippen LogP contribution in [-0.2, 0) is 16.6 Å². The van der Waals surface area contributed by atoms with Gasteiger partial charge in [-0.05, 0) is 12.5 Å². The normalized spacial score (nSPS) is 12.6. The van der Waals surface area contributed by atoms with Crippen molar-refractivity contribution in [2.45, 2.75) is 25.5 Å². The van der Waals surface area contributed by atoms with Crippen LogP contribution in [-0.4, -0.2) is 21.0 Å². The van der Waals surface area contributed by atoms with Crippen LogP contribution in [0.15, 0.2) is 16.7 Å². The Kier molecular flexibility index (Phi) is 4.55. The minimum absolute atomic E-state index is 0.111. The zero-order valence-corrected chi connectivity index (χ0v) is 9.38. The molecule has 0 aliphatic carbocycles. The second kappa shape index (κ2) is 5.70. The summed E-state index contributed by atoms with van der Waals surface area (Å²) >= 11 is 0. The van der Waals surface area contributed by atoms with Crippen molar-refractivity contribution in [2.24, 2.45) is 0 Å². The highest BCUT2D eigenvalue weighted by molar-refractivity contribution is 7.84. The lowest BCUT2D eigenvalue weighted by Gasteiger charge is -1.99. The van der Waals surface area contributed by atoms with Gasteiger partial charge < -0.3 is 9.52 Å². The first-order valence-electron chi connectivity index (χ1n) is 4.79. The topological polar surface area (TPSA) is 67.5 Å². The summed E-state index contributed by atoms with van der Waals surface area (Å²) in [6.45, 7) is 2.02. The Bertz CT molecular complexity index is 356. The summed E-state index contributed by atoms with van der Waals surface area (Å²) in [6.07, 6.45) is 3.18. The minimum Gasteiger partial charge on any atom is -0.478 e. The number of rotatable bonds is 6. The molecule has 1 N–H and O–H groups in total. The number of carbonyl (C=O) groups is 1. The lowest BCUT2D eigenvalue weighted by Crippen LogP contribution is -2.04. The van der Waals surface area contributed by atoms with Crippen LogP contribution in [0.3, 0.4) is 0 Å². The van der Waals surface area contributed by atoms with Crippen molar-refractivity contribution in [2.75, 3.05) is 5.75 Å². The first-order chi connectivity index (χ1) is 7.15. The number of unbranched alkanes of at least 4 members (excludes halogenated alkanes) is 1. The smallest absolute Gasteiger partial charge is 0.339 e. The van der Waals surface area contributed by atoms with Crippen LogP contribution < -0.4 is 0 Å². The number of aromatic carboxylic acids is 1. The first-order valence-corrected chi connectivity index (χ1v) is 6.28. The van der Waals surface area contributed by atoms with Gasteiger partial charge in [0.25, 0.3) is 0 Å². The highest BCUT2D eigenvalue weighted by Gasteiger charge is 2.15. The van der Waals surface area contributed by atoms with E-state index in [1.165, 1.54) is 12.3 Å². The summed E-state index contributed by atoms with van der Waals surface area (Å²) < 4.78 is 16.5. The zero-order chi connectivity index (χ0) is 11.3. The number of carboxylic acids is 1. The molecular weight excluding hydrogens is 216 g/mol. The molecule has 4 nitrogen and oxygen atoms in total. The maximum Gasteiger partial charge on any atom is 0.339 e. The van der Waals surface area contributed by atoms with E-state index < -0.39 is 16.8 Å². The molecule has 0 bridgehead atoms. The van der Waals surface area contributed by atoms with E-state index in [9.17, 15) is 9.00 Å². The zero-order valence-electron chi connectivity index (χ0n) is 8.56. The summed E-state index contributed by atoms with van der Waals surface area (Å²) in [7, 11) is -1.03. The average Bonchev–Trinajstić information content (AvgIpc) is 2.62. The van der Waals surface area contributed by atoms with Gasteiger partial charge in [-0.25, -0.2) is 4.79 Å². The molecule has 1 aromatic heterocycles. The molecule has 0 radical (unpaired) electrons. The van der Waals surface area contributed by atoms with Crippen molar-refractivity contribution in [1.82, 2.24) is 0 Å². The van der Waals surface area contributed by atoms with E-state index in [0.717, 1.165) is 12.8 Å². The van der Waals surface area contributed by atoms with Crippen LogP contribution in [0.2, 0.25) is 0 Å². The van der Waals surface area contributed by atoms with E-state index in [2.05, 4.69) is 0 Å². The van der Waals surface area contributed by atoms with Crippen LogP contribution in [0.5, 0.6) is 0 Å². The number of carboxylic acid groups (broad SMARTS) is 1. The van der Waals surface area contributed by atoms with E-state index in [1.54, 1.807) is 0 Å². The van der Waals surface area contributed by atoms with Gasteiger partial charge in [-0.1, -0.05) is 13.3 Å². The fourth-order valence-corrected chi connectivity index (χ4v) is 2.44. The second-order valence-electron chi connectivity index (χ2n) is 3.20. The van der Waals surface area contributed by atoms with E-state index in [-0.39, 0.29) is 11.3 Å². The standard InChI is InChI=1S/C10H14O4S/c1-2-3-6-15(13)7-9-8(10(11)12)4-5-14-9/h4-5H,2-3,6-7H2,1H3,(H,11,12). The third-order valence-electron chi connectivity index (χ3n) is 1.99. The van der Waals surface area contributed by atoms with Gasteiger partial charge in [0.15, 0.2) is 0 Å². The van der Waals surface area contributed by atoms with Gasteiger partial charge in [-0.15, -0.1) is 0 Å². The Balaban J connectivity index is 2.60. The molecule has 84 valence electrons. The molecule has 0 amide bonds. The van der Waals surface area contributed by atoms with Crippen molar-refractivity contribution in [3.05, 3.63) is 23.7 Å². The summed E-state index contributed by atoms with van der Waals surface area (Å²) in [6, 6.07) is 1.38. The Morgan fingerprint density at radius 1 is 1.60 bits per heavy atom. The number of hydrogen-bond acceptors (Lipinski definition) is 3. The molecule has 0 aliphatic rings. The van der Waals surface area contributed by atoms with Gasteiger partial charge in [0, 0.05) is 16.6 Å². The monoisotopic (exact) mass is 230 g/mol. The van der Waals surface area contributed by atoms with E-state index in [0.29, 0.717) is 11.5 Å². The van der Waals surface area contributed by atoms with Gasteiger partial charge in [0.05, 0.1) is 12.0 Å². The van der Waals surface area contributed by atoms with Crippen LogP contribution in [0, 0.1) is 0 Å². The molecule has 1 unspecified atom stereocenters. The van der Waals surface area contributed by atoms with Gasteiger partial charge >= 0.3 is 5.97 Å². The van der Waals surface area contributed by atoms with E-state index >= 15 is 0 Å². The van der Waals surface area contributed by atoms with E-state index in [4.69, 9.17) is 9.52 Å². The molecule has 1 heterocycles. The summed E-state index contributed by atoms with van der Waals surface area (Å²) in [5.41, 5.74) is 0.111. The largest absolute Gasteiger partial charge is 0.478 e. The molecule has 0 aromatic carbocycles. The predicted molar refractivity (Wildman–Crippen MR) is 57.3 cm³/mol. The maximum absolute atomic E-state index is 11.5. The van der Waals surface area contributed by atoms with Crippen LogP contribution in [0.25, 0.3) is 0 Å². The molecule has 0 aliphatic heterocycles. The van der Waals surface area contributed by atoms with Crippen LogP contribution >= 0.6 is 0 Å². The molecular formula is C10H14O4S. The van der Waals surface area contributed by atoms with E-state index in [1.807, 2.05) is 6.92 Å². The Morgan fingerprint density at radius 3 is 2.93 bits per heavy atom. The molecule has 0 spiro atoms. The summed E-state index contributed by atoms with van der Waals surface area (Å²) in [4.78, 5) is 10.7. The molecule has 0 saturated carbocycles. The summed E-state index contributed by atoms with van der Waals surface area (Å²) in [5, 5.41) is 8.78. The van der Waals surface area contributed by atoms with Crippen LogP contribution in [0.4, 0.5) is 0 Å². The van der Waals surface area contributed by atoms with Crippen molar-refractivity contribution in [3.63, 3.8) is 0 Å². The van der Waals surface area contributed by atoms with Crippen LogP contribution in [0.1, 0.15) is 35.9 Å². The predicted octanol–water partition coefficient (Wildman–Crippen LogP) is 2.03. The molecule has 5 heteroatoms. The van der Waals surface area contributed by atoms with Crippen molar-refractivity contribution < 1.29 is 18.5 Å². The quantitative estimate of drug-likeness (QED) is 0.811. The lowest BCUT2D eigenvalue weighted by atomic mass is 10.3. The summed E-state index contributed by atoms with van der Waals surface area (Å²) in [5.74, 6) is 0.0495. The minimum atomic E-state index is -1.04. The third kappa shape index (κ3) is 3.51. The lowest BCUT2D eigenvalue weighted by molar-refractivity contribution is 0.0695. The SMILES string of the molecule is CCCCS(=O)Cc1occc1C(=O)O. The molecule has 1 rings (SSSR count). The fraction of sp³-hybridized carbons (Fsp3) is 0.500. The second-order valence-corrected chi connectivity index (χ2v) is 4.78. The van der Waals surface area contributed by atoms with Gasteiger partial charge in [-0.3, -0.25) is 4.21 Å². The van der Waals surface area contributed by atoms with Gasteiger partial charge in [-0.2, -0.15) is 0 Å². The maximum atomic E-state index is 11.5. The highest BCUT2D eigenvalue weighted by Crippen LogP contribution is 2.13. The highest BCUT2D eigenvalue weighted by atomic mass is 32.2. The molecule has 1 aromatic rings. The van der Waals surface area contributed by atoms with Crippen molar-refractivity contribution >= 4 is 16.8 Å². The average molecular weight is 230 g/mol. The van der Waals surface area contributed by atoms with Gasteiger partial charge in [0.1, 0.15) is 11.3 Å². The Hall–Kier alpha value is -1.10. The first kappa shape index (κ1) is 12.0. The molecule has 0 saturated heterocycles. The van der Waals surface area contributed by atoms with Gasteiger partial charge in [0.2, 0.25) is 0 Å². The fourth-order valence-electron chi connectivity index (χ4n) is 1.17.